The lowest BCUT2D eigenvalue weighted by atomic mass is 10.0. The van der Waals surface area contributed by atoms with Crippen molar-refractivity contribution in [2.45, 2.75) is 25.7 Å². The Labute approximate surface area is 109 Å². The molecule has 0 radical (unpaired) electrons. The number of aliphatic carboxylic acids is 1. The van der Waals surface area contributed by atoms with Gasteiger partial charge in [0.05, 0.1) is 10.0 Å². The highest BCUT2D eigenvalue weighted by Gasteiger charge is 2.12. The van der Waals surface area contributed by atoms with Gasteiger partial charge in [-0.05, 0) is 25.0 Å². The van der Waals surface area contributed by atoms with Crippen LogP contribution in [0.1, 0.15) is 36.0 Å². The van der Waals surface area contributed by atoms with Crippen molar-refractivity contribution in [3.63, 3.8) is 0 Å². The van der Waals surface area contributed by atoms with Gasteiger partial charge in [0.15, 0.2) is 5.78 Å². The summed E-state index contributed by atoms with van der Waals surface area (Å²) in [6.45, 7) is 0. The van der Waals surface area contributed by atoms with E-state index in [1.807, 2.05) is 0 Å². The summed E-state index contributed by atoms with van der Waals surface area (Å²) in [5.41, 5.74) is 0.398. The average Bonchev–Trinajstić information content (AvgIpc) is 2.27. The van der Waals surface area contributed by atoms with Crippen molar-refractivity contribution in [2.75, 3.05) is 0 Å². The number of unbranched alkanes of at least 4 members (excludes halogenated alkanes) is 1. The Kier molecular flexibility index (Phi) is 5.45. The van der Waals surface area contributed by atoms with Crippen LogP contribution in [0.5, 0.6) is 0 Å². The van der Waals surface area contributed by atoms with Gasteiger partial charge in [-0.25, -0.2) is 0 Å². The van der Waals surface area contributed by atoms with Crippen LogP contribution in [-0.4, -0.2) is 16.9 Å². The summed E-state index contributed by atoms with van der Waals surface area (Å²) in [6, 6.07) is 4.90. The molecule has 0 aliphatic rings. The third kappa shape index (κ3) is 4.36. The molecule has 92 valence electrons. The quantitative estimate of drug-likeness (QED) is 0.634. The van der Waals surface area contributed by atoms with Crippen LogP contribution in [0.4, 0.5) is 0 Å². The number of carbonyl (C=O) groups excluding carboxylic acids is 1. The number of benzene rings is 1. The fourth-order valence-electron chi connectivity index (χ4n) is 1.42. The minimum Gasteiger partial charge on any atom is -0.481 e. The van der Waals surface area contributed by atoms with Gasteiger partial charge in [-0.2, -0.15) is 0 Å². The first-order valence-corrected chi connectivity index (χ1v) is 5.97. The minimum atomic E-state index is -0.849. The van der Waals surface area contributed by atoms with Crippen molar-refractivity contribution < 1.29 is 14.7 Å². The van der Waals surface area contributed by atoms with Crippen LogP contribution in [0, 0.1) is 0 Å². The second-order valence-electron chi connectivity index (χ2n) is 3.63. The number of hydrogen-bond donors (Lipinski definition) is 1. The second-order valence-corrected chi connectivity index (χ2v) is 4.41. The van der Waals surface area contributed by atoms with Crippen LogP contribution >= 0.6 is 23.2 Å². The van der Waals surface area contributed by atoms with Crippen molar-refractivity contribution >= 4 is 35.0 Å². The molecule has 0 atom stereocenters. The molecule has 0 unspecified atom stereocenters. The van der Waals surface area contributed by atoms with Gasteiger partial charge in [0.1, 0.15) is 0 Å². The van der Waals surface area contributed by atoms with E-state index in [0.717, 1.165) is 0 Å². The summed E-state index contributed by atoms with van der Waals surface area (Å²) in [4.78, 5) is 22.1. The monoisotopic (exact) mass is 274 g/mol. The smallest absolute Gasteiger partial charge is 0.303 e. The van der Waals surface area contributed by atoms with E-state index in [4.69, 9.17) is 28.3 Å². The Morgan fingerprint density at radius 3 is 2.41 bits per heavy atom. The van der Waals surface area contributed by atoms with Crippen molar-refractivity contribution in [3.8, 4) is 0 Å². The number of carboxylic acids is 1. The Bertz CT molecular complexity index is 430. The summed E-state index contributed by atoms with van der Waals surface area (Å²) in [7, 11) is 0. The fourth-order valence-corrected chi connectivity index (χ4v) is 1.82. The number of carboxylic acid groups (broad SMARTS) is 1. The molecule has 17 heavy (non-hydrogen) atoms. The predicted molar refractivity (Wildman–Crippen MR) is 66.9 cm³/mol. The Morgan fingerprint density at radius 1 is 1.12 bits per heavy atom. The van der Waals surface area contributed by atoms with Gasteiger partial charge in [0, 0.05) is 18.4 Å². The van der Waals surface area contributed by atoms with E-state index < -0.39 is 5.97 Å². The maximum absolute atomic E-state index is 11.8. The zero-order chi connectivity index (χ0) is 12.8. The van der Waals surface area contributed by atoms with E-state index in [0.29, 0.717) is 23.4 Å². The minimum absolute atomic E-state index is 0.0799. The molecule has 0 spiro atoms. The van der Waals surface area contributed by atoms with Gasteiger partial charge < -0.3 is 5.11 Å². The third-order valence-electron chi connectivity index (χ3n) is 2.30. The molecule has 0 aliphatic carbocycles. The van der Waals surface area contributed by atoms with Gasteiger partial charge in [-0.1, -0.05) is 29.3 Å². The highest BCUT2D eigenvalue weighted by Crippen LogP contribution is 2.26. The zero-order valence-electron chi connectivity index (χ0n) is 9.08. The molecule has 1 aromatic carbocycles. The SMILES string of the molecule is O=C(O)CCCCC(=O)c1cccc(Cl)c1Cl. The number of Topliss-reactive ketones (excluding diaryl/α,β-unsaturated/α-hetero) is 1. The molecule has 1 aromatic rings. The highest BCUT2D eigenvalue weighted by molar-refractivity contribution is 6.43. The van der Waals surface area contributed by atoms with Gasteiger partial charge in [-0.15, -0.1) is 0 Å². The molecule has 0 heterocycles. The molecule has 0 saturated heterocycles. The summed E-state index contributed by atoms with van der Waals surface area (Å²) >= 11 is 11.7. The lowest BCUT2D eigenvalue weighted by Gasteiger charge is -2.04. The zero-order valence-corrected chi connectivity index (χ0v) is 10.6. The highest BCUT2D eigenvalue weighted by atomic mass is 35.5. The summed E-state index contributed by atoms with van der Waals surface area (Å²) in [6.07, 6.45) is 1.39. The molecule has 0 saturated carbocycles. The fraction of sp³-hybridized carbons (Fsp3) is 0.333. The third-order valence-corrected chi connectivity index (χ3v) is 3.12. The molecular formula is C12H12Cl2O3. The van der Waals surface area contributed by atoms with E-state index in [1.54, 1.807) is 18.2 Å². The van der Waals surface area contributed by atoms with Gasteiger partial charge in [0.25, 0.3) is 0 Å². The first kappa shape index (κ1) is 14.0. The molecular weight excluding hydrogens is 263 g/mol. The molecule has 1 N–H and O–H groups in total. The normalized spacial score (nSPS) is 10.2. The number of hydrogen-bond acceptors (Lipinski definition) is 2. The molecule has 0 aliphatic heterocycles. The van der Waals surface area contributed by atoms with E-state index >= 15 is 0 Å². The maximum Gasteiger partial charge on any atom is 0.303 e. The van der Waals surface area contributed by atoms with Gasteiger partial charge in [-0.3, -0.25) is 9.59 Å². The summed E-state index contributed by atoms with van der Waals surface area (Å²) < 4.78 is 0. The van der Waals surface area contributed by atoms with E-state index in [1.165, 1.54) is 0 Å². The molecule has 3 nitrogen and oxygen atoms in total. The van der Waals surface area contributed by atoms with Crippen molar-refractivity contribution in [2.24, 2.45) is 0 Å². The maximum atomic E-state index is 11.8. The van der Waals surface area contributed by atoms with Crippen LogP contribution < -0.4 is 0 Å². The second kappa shape index (κ2) is 6.62. The number of carbonyl (C=O) groups is 2. The number of halogens is 2. The standard InChI is InChI=1S/C12H12Cl2O3/c13-9-5-3-4-8(12(9)14)10(15)6-1-2-7-11(16)17/h3-5H,1-2,6-7H2,(H,16,17). The number of rotatable bonds is 6. The van der Waals surface area contributed by atoms with Crippen LogP contribution in [-0.2, 0) is 4.79 Å². The lowest BCUT2D eigenvalue weighted by molar-refractivity contribution is -0.137. The lowest BCUT2D eigenvalue weighted by Crippen LogP contribution is -2.01. The Hall–Kier alpha value is -1.06. The van der Waals surface area contributed by atoms with Crippen LogP contribution in [0.3, 0.4) is 0 Å². The molecule has 0 aromatic heterocycles. The van der Waals surface area contributed by atoms with Crippen LogP contribution in [0.25, 0.3) is 0 Å². The van der Waals surface area contributed by atoms with Crippen LogP contribution in [0.15, 0.2) is 18.2 Å². The number of ketones is 1. The molecule has 0 bridgehead atoms. The molecule has 5 heteroatoms. The average molecular weight is 275 g/mol. The van der Waals surface area contributed by atoms with Gasteiger partial charge >= 0.3 is 5.97 Å². The van der Waals surface area contributed by atoms with E-state index in [2.05, 4.69) is 0 Å². The largest absolute Gasteiger partial charge is 0.481 e. The van der Waals surface area contributed by atoms with Crippen molar-refractivity contribution in [1.82, 2.24) is 0 Å². The van der Waals surface area contributed by atoms with Crippen LogP contribution in [0.2, 0.25) is 10.0 Å². The first-order valence-electron chi connectivity index (χ1n) is 5.21. The Morgan fingerprint density at radius 2 is 1.76 bits per heavy atom. The van der Waals surface area contributed by atoms with E-state index in [-0.39, 0.29) is 23.6 Å². The first-order chi connectivity index (χ1) is 8.02. The van der Waals surface area contributed by atoms with Crippen molar-refractivity contribution in [1.29, 1.82) is 0 Å². The Balaban J connectivity index is 2.53. The molecule has 0 fully saturated rings. The summed E-state index contributed by atoms with van der Waals surface area (Å²) in [5.74, 6) is -0.957. The topological polar surface area (TPSA) is 54.4 Å². The van der Waals surface area contributed by atoms with Gasteiger partial charge in [0.2, 0.25) is 0 Å². The van der Waals surface area contributed by atoms with Crippen molar-refractivity contribution in [3.05, 3.63) is 33.8 Å². The predicted octanol–water partition coefficient (Wildman–Crippen LogP) is 3.82. The summed E-state index contributed by atoms with van der Waals surface area (Å²) in [5, 5.41) is 9.06. The molecule has 0 amide bonds. The molecule has 1 rings (SSSR count). The van der Waals surface area contributed by atoms with E-state index in [9.17, 15) is 9.59 Å².